The van der Waals surface area contributed by atoms with Gasteiger partial charge in [-0.2, -0.15) is 5.06 Å². The van der Waals surface area contributed by atoms with Gasteiger partial charge in [-0.25, -0.2) is 0 Å². The second-order valence-electron chi connectivity index (χ2n) is 7.24. The summed E-state index contributed by atoms with van der Waals surface area (Å²) in [4.78, 5) is 17.6. The fourth-order valence-electron chi connectivity index (χ4n) is 3.35. The Balaban J connectivity index is 2.10. The van der Waals surface area contributed by atoms with Crippen LogP contribution in [0.3, 0.4) is 0 Å². The molecule has 21 heavy (non-hydrogen) atoms. The van der Waals surface area contributed by atoms with Gasteiger partial charge < -0.3 is 4.79 Å². The molecule has 0 radical (unpaired) electrons. The van der Waals surface area contributed by atoms with E-state index in [4.69, 9.17) is 4.84 Å². The molecule has 0 saturated carbocycles. The molecule has 1 saturated heterocycles. The van der Waals surface area contributed by atoms with Crippen molar-refractivity contribution in [1.29, 1.82) is 0 Å². The summed E-state index contributed by atoms with van der Waals surface area (Å²) in [7, 11) is 0. The highest BCUT2D eigenvalue weighted by Gasteiger charge is 2.43. The molecule has 1 fully saturated rings. The van der Waals surface area contributed by atoms with Gasteiger partial charge in [0.1, 0.15) is 6.10 Å². The Bertz CT molecular complexity index is 451. The molecular weight excluding hydrogens is 262 g/mol. The molecule has 0 aliphatic carbocycles. The number of hydroxylamine groups is 2. The summed E-state index contributed by atoms with van der Waals surface area (Å²) in [6, 6.07) is 10.0. The number of carbonyl (C=O) groups is 1. The highest BCUT2D eigenvalue weighted by atomic mass is 16.7. The van der Waals surface area contributed by atoms with Gasteiger partial charge in [-0.05, 0) is 52.5 Å². The largest absolute Gasteiger partial charge is 0.300 e. The molecule has 1 heterocycles. The molecular formula is C18H27NO2. The van der Waals surface area contributed by atoms with Crippen molar-refractivity contribution in [2.24, 2.45) is 0 Å². The quantitative estimate of drug-likeness (QED) is 0.773. The van der Waals surface area contributed by atoms with E-state index in [1.807, 2.05) is 30.3 Å². The van der Waals surface area contributed by atoms with Gasteiger partial charge in [0.15, 0.2) is 6.29 Å². The minimum atomic E-state index is -0.427. The Kier molecular flexibility index (Phi) is 4.84. The van der Waals surface area contributed by atoms with E-state index in [0.29, 0.717) is 6.42 Å². The number of rotatable bonds is 5. The molecule has 0 spiro atoms. The standard InChI is InChI=1S/C18H27NO2/c1-17(2)11-8-12-18(3,4)19(17)21-16(14-20)13-15-9-6-5-7-10-15/h5-7,9-10,14,16H,8,11-13H2,1-4H3/t16-/m1/s1. The van der Waals surface area contributed by atoms with Gasteiger partial charge in [0.05, 0.1) is 0 Å². The predicted octanol–water partition coefficient (Wildman–Crippen LogP) is 3.77. The lowest BCUT2D eigenvalue weighted by Gasteiger charge is -2.52. The first kappa shape index (κ1) is 16.2. The lowest BCUT2D eigenvalue weighted by Crippen LogP contribution is -2.59. The van der Waals surface area contributed by atoms with Crippen LogP contribution >= 0.6 is 0 Å². The molecule has 0 unspecified atom stereocenters. The summed E-state index contributed by atoms with van der Waals surface area (Å²) < 4.78 is 0. The second kappa shape index (κ2) is 6.29. The number of benzene rings is 1. The number of carbonyl (C=O) groups excluding carboxylic acids is 1. The van der Waals surface area contributed by atoms with E-state index < -0.39 is 6.10 Å². The molecule has 1 aromatic carbocycles. The van der Waals surface area contributed by atoms with Crippen LogP contribution in [0.2, 0.25) is 0 Å². The third kappa shape index (κ3) is 3.92. The van der Waals surface area contributed by atoms with Crippen molar-refractivity contribution in [2.45, 2.75) is 70.6 Å². The summed E-state index contributed by atoms with van der Waals surface area (Å²) >= 11 is 0. The van der Waals surface area contributed by atoms with E-state index in [1.54, 1.807) is 0 Å². The van der Waals surface area contributed by atoms with Crippen molar-refractivity contribution >= 4 is 6.29 Å². The summed E-state index contributed by atoms with van der Waals surface area (Å²) in [5, 5.41) is 2.06. The summed E-state index contributed by atoms with van der Waals surface area (Å²) in [5.41, 5.74) is 1.04. The Morgan fingerprint density at radius 3 is 2.24 bits per heavy atom. The van der Waals surface area contributed by atoms with E-state index in [-0.39, 0.29) is 11.1 Å². The molecule has 2 rings (SSSR count). The average molecular weight is 289 g/mol. The molecule has 3 heteroatoms. The molecule has 1 aromatic rings. The van der Waals surface area contributed by atoms with Crippen LogP contribution in [0.25, 0.3) is 0 Å². The monoisotopic (exact) mass is 289 g/mol. The summed E-state index contributed by atoms with van der Waals surface area (Å²) in [6.45, 7) is 8.77. The minimum absolute atomic E-state index is 0.0420. The van der Waals surface area contributed by atoms with E-state index in [2.05, 4.69) is 32.8 Å². The highest BCUT2D eigenvalue weighted by Crippen LogP contribution is 2.38. The smallest absolute Gasteiger partial charge is 0.151 e. The predicted molar refractivity (Wildman–Crippen MR) is 84.9 cm³/mol. The SMILES string of the molecule is CC1(C)CCCC(C)(C)N1O[C@@H](C=O)Cc1ccccc1. The van der Waals surface area contributed by atoms with Crippen molar-refractivity contribution in [3.05, 3.63) is 35.9 Å². The normalized spacial score (nSPS) is 22.7. The topological polar surface area (TPSA) is 29.5 Å². The van der Waals surface area contributed by atoms with Crippen molar-refractivity contribution in [3.63, 3.8) is 0 Å². The van der Waals surface area contributed by atoms with Crippen molar-refractivity contribution in [3.8, 4) is 0 Å². The molecule has 1 aliphatic heterocycles. The maximum atomic E-state index is 11.5. The van der Waals surface area contributed by atoms with Gasteiger partial charge in [-0.3, -0.25) is 4.84 Å². The van der Waals surface area contributed by atoms with Crippen LogP contribution in [-0.2, 0) is 16.1 Å². The van der Waals surface area contributed by atoms with Crippen molar-refractivity contribution < 1.29 is 9.63 Å². The van der Waals surface area contributed by atoms with E-state index >= 15 is 0 Å². The number of hydrogen-bond acceptors (Lipinski definition) is 3. The number of aldehydes is 1. The Morgan fingerprint density at radius 2 is 1.71 bits per heavy atom. The van der Waals surface area contributed by atoms with Gasteiger partial charge in [0.25, 0.3) is 0 Å². The number of hydrogen-bond donors (Lipinski definition) is 0. The molecule has 0 N–H and O–H groups in total. The first-order valence-corrected chi connectivity index (χ1v) is 7.81. The van der Waals surface area contributed by atoms with Gasteiger partial charge in [0.2, 0.25) is 0 Å². The summed E-state index contributed by atoms with van der Waals surface area (Å²) in [5.74, 6) is 0. The van der Waals surface area contributed by atoms with Crippen LogP contribution < -0.4 is 0 Å². The van der Waals surface area contributed by atoms with Gasteiger partial charge in [0, 0.05) is 17.5 Å². The lowest BCUT2D eigenvalue weighted by molar-refractivity contribution is -0.296. The van der Waals surface area contributed by atoms with Gasteiger partial charge in [-0.15, -0.1) is 0 Å². The van der Waals surface area contributed by atoms with Crippen molar-refractivity contribution in [2.75, 3.05) is 0 Å². The number of piperidine rings is 1. The fraction of sp³-hybridized carbons (Fsp3) is 0.611. The van der Waals surface area contributed by atoms with Crippen LogP contribution in [0, 0.1) is 0 Å². The molecule has 1 atom stereocenters. The average Bonchev–Trinajstić information content (AvgIpc) is 2.42. The highest BCUT2D eigenvalue weighted by molar-refractivity contribution is 5.56. The zero-order chi connectivity index (χ0) is 15.5. The molecule has 0 amide bonds. The van der Waals surface area contributed by atoms with E-state index in [1.165, 1.54) is 6.42 Å². The third-order valence-corrected chi connectivity index (χ3v) is 4.35. The Labute approximate surface area is 128 Å². The molecule has 0 aromatic heterocycles. The molecule has 3 nitrogen and oxygen atoms in total. The molecule has 116 valence electrons. The fourth-order valence-corrected chi connectivity index (χ4v) is 3.35. The Morgan fingerprint density at radius 1 is 1.14 bits per heavy atom. The Hall–Kier alpha value is -1.19. The first-order chi connectivity index (χ1) is 9.85. The van der Waals surface area contributed by atoms with Gasteiger partial charge >= 0.3 is 0 Å². The van der Waals surface area contributed by atoms with Gasteiger partial charge in [-0.1, -0.05) is 30.3 Å². The van der Waals surface area contributed by atoms with Crippen LogP contribution in [0.5, 0.6) is 0 Å². The minimum Gasteiger partial charge on any atom is -0.300 e. The van der Waals surface area contributed by atoms with E-state index in [9.17, 15) is 4.79 Å². The maximum Gasteiger partial charge on any atom is 0.151 e. The molecule has 1 aliphatic rings. The van der Waals surface area contributed by atoms with Crippen LogP contribution in [0.1, 0.15) is 52.5 Å². The first-order valence-electron chi connectivity index (χ1n) is 7.81. The van der Waals surface area contributed by atoms with E-state index in [0.717, 1.165) is 24.7 Å². The van der Waals surface area contributed by atoms with Crippen LogP contribution in [0.15, 0.2) is 30.3 Å². The zero-order valence-corrected chi connectivity index (χ0v) is 13.6. The third-order valence-electron chi connectivity index (χ3n) is 4.35. The zero-order valence-electron chi connectivity index (χ0n) is 13.6. The summed E-state index contributed by atoms with van der Waals surface area (Å²) in [6.07, 6.45) is 4.50. The van der Waals surface area contributed by atoms with Crippen LogP contribution in [0.4, 0.5) is 0 Å². The second-order valence-corrected chi connectivity index (χ2v) is 7.24. The van der Waals surface area contributed by atoms with Crippen molar-refractivity contribution in [1.82, 2.24) is 5.06 Å². The van der Waals surface area contributed by atoms with Crippen LogP contribution in [-0.4, -0.2) is 28.5 Å². The lowest BCUT2D eigenvalue weighted by atomic mass is 9.82. The maximum absolute atomic E-state index is 11.5. The molecule has 0 bridgehead atoms. The number of nitrogens with zero attached hydrogens (tertiary/aromatic N) is 1.